The Balaban J connectivity index is 1.36. The Hall–Kier alpha value is -1.17. The molecule has 2 saturated heterocycles. The first-order valence-corrected chi connectivity index (χ1v) is 12.8. The predicted molar refractivity (Wildman–Crippen MR) is 117 cm³/mol. The van der Waals surface area contributed by atoms with E-state index in [4.69, 9.17) is 35.6 Å². The number of aliphatic imine (C=N–C) groups is 1. The standard InChI is InChI=1S/C19H28ClN4O7P/c20-19-23-14-2-1-11(7-21-17(14)18(24-19)22-12-3-4-29-8-12)5-16-15(25)6-13(31-16)9-30-10-32(26,27)28/h7,11-13,15-16,25H,1-6,8-10H2,(H,22,23,24)(H2,26,27,28)/t11?,12-,13-,15+,16?/m0/s1. The lowest BCUT2D eigenvalue weighted by Crippen LogP contribution is -2.25. The molecule has 0 bridgehead atoms. The van der Waals surface area contributed by atoms with Crippen LogP contribution in [0.5, 0.6) is 0 Å². The number of ether oxygens (including phenoxy) is 3. The highest BCUT2D eigenvalue weighted by molar-refractivity contribution is 7.51. The fraction of sp³-hybridized carbons (Fsp3) is 0.737. The van der Waals surface area contributed by atoms with Gasteiger partial charge in [0, 0.05) is 19.2 Å². The molecule has 0 spiro atoms. The number of aromatic nitrogens is 2. The van der Waals surface area contributed by atoms with Crippen LogP contribution in [0.25, 0.3) is 0 Å². The van der Waals surface area contributed by atoms with Crippen molar-refractivity contribution >= 4 is 36.9 Å². The maximum atomic E-state index is 10.9. The molecule has 1 aromatic heterocycles. The normalized spacial score (nSPS) is 30.3. The maximum Gasteiger partial charge on any atom is 0.350 e. The molecular formula is C19H28ClN4O7P. The number of nitrogens with one attached hydrogen (secondary N) is 1. The van der Waals surface area contributed by atoms with Gasteiger partial charge in [-0.15, -0.1) is 0 Å². The van der Waals surface area contributed by atoms with Crippen molar-refractivity contribution in [2.75, 3.05) is 31.5 Å². The molecule has 3 aliphatic rings. The number of aliphatic hydroxyl groups excluding tert-OH is 1. The number of aryl methyl sites for hydroxylation is 1. The molecule has 0 amide bonds. The van der Waals surface area contributed by atoms with Crippen LogP contribution in [-0.4, -0.2) is 81.6 Å². The molecule has 13 heteroatoms. The van der Waals surface area contributed by atoms with E-state index in [1.807, 2.05) is 6.21 Å². The smallest absolute Gasteiger partial charge is 0.350 e. The van der Waals surface area contributed by atoms with Crippen LogP contribution < -0.4 is 5.32 Å². The van der Waals surface area contributed by atoms with E-state index < -0.39 is 32.3 Å². The molecule has 178 valence electrons. The first-order chi connectivity index (χ1) is 15.3. The quantitative estimate of drug-likeness (QED) is 0.312. The third kappa shape index (κ3) is 6.45. The van der Waals surface area contributed by atoms with Crippen LogP contribution in [0.3, 0.4) is 0 Å². The molecule has 1 aromatic rings. The zero-order chi connectivity index (χ0) is 22.7. The number of halogens is 1. The first-order valence-electron chi connectivity index (χ1n) is 10.7. The van der Waals surface area contributed by atoms with Gasteiger partial charge < -0.3 is 34.4 Å². The minimum atomic E-state index is -4.22. The monoisotopic (exact) mass is 490 g/mol. The van der Waals surface area contributed by atoms with Gasteiger partial charge in [-0.2, -0.15) is 4.98 Å². The molecule has 5 atom stereocenters. The van der Waals surface area contributed by atoms with Crippen molar-refractivity contribution in [3.05, 3.63) is 11.0 Å². The summed E-state index contributed by atoms with van der Waals surface area (Å²) >= 11 is 6.14. The Morgan fingerprint density at radius 1 is 1.31 bits per heavy atom. The number of rotatable bonds is 8. The average molecular weight is 491 g/mol. The Kier molecular flexibility index (Phi) is 7.79. The number of fused-ring (bicyclic) bond motifs is 1. The highest BCUT2D eigenvalue weighted by atomic mass is 35.5. The SMILES string of the molecule is O=P(O)(O)COC[C@@H]1C[C@@H](O)C(CC2C=Nc3c(nc(Cl)nc3N[C@H]3CCOC3)CC2)O1. The third-order valence-corrected chi connectivity index (χ3v) is 6.45. The average Bonchev–Trinajstić information content (AvgIpc) is 3.28. The zero-order valence-electron chi connectivity index (χ0n) is 17.5. The summed E-state index contributed by atoms with van der Waals surface area (Å²) in [6.07, 6.45) is 2.95. The topological polar surface area (TPSA) is 156 Å². The second-order valence-corrected chi connectivity index (χ2v) is 10.3. The minimum Gasteiger partial charge on any atom is -0.390 e. The Bertz CT molecular complexity index is 879. The molecule has 3 aliphatic heterocycles. The van der Waals surface area contributed by atoms with E-state index in [-0.39, 0.29) is 23.9 Å². The summed E-state index contributed by atoms with van der Waals surface area (Å²) in [6.45, 7) is 1.34. The fourth-order valence-corrected chi connectivity index (χ4v) is 4.74. The summed E-state index contributed by atoms with van der Waals surface area (Å²) in [4.78, 5) is 31.1. The van der Waals surface area contributed by atoms with Gasteiger partial charge in [-0.3, -0.25) is 9.56 Å². The molecule has 2 unspecified atom stereocenters. The maximum absolute atomic E-state index is 10.9. The van der Waals surface area contributed by atoms with Gasteiger partial charge in [0.15, 0.2) is 5.82 Å². The second kappa shape index (κ2) is 10.4. The van der Waals surface area contributed by atoms with Crippen molar-refractivity contribution in [3.63, 3.8) is 0 Å². The summed E-state index contributed by atoms with van der Waals surface area (Å²) in [7, 11) is -4.22. The van der Waals surface area contributed by atoms with E-state index >= 15 is 0 Å². The zero-order valence-corrected chi connectivity index (χ0v) is 19.1. The van der Waals surface area contributed by atoms with Gasteiger partial charge in [-0.25, -0.2) is 4.98 Å². The second-order valence-electron chi connectivity index (χ2n) is 8.42. The summed E-state index contributed by atoms with van der Waals surface area (Å²) in [5.41, 5.74) is 1.46. The largest absolute Gasteiger partial charge is 0.390 e. The summed E-state index contributed by atoms with van der Waals surface area (Å²) in [5, 5.41) is 13.9. The third-order valence-electron chi connectivity index (χ3n) is 5.76. The predicted octanol–water partition coefficient (Wildman–Crippen LogP) is 1.66. The Morgan fingerprint density at radius 3 is 2.91 bits per heavy atom. The van der Waals surface area contributed by atoms with Gasteiger partial charge in [0.1, 0.15) is 12.0 Å². The molecule has 4 N–H and O–H groups in total. The molecule has 4 rings (SSSR count). The summed E-state index contributed by atoms with van der Waals surface area (Å²) in [6, 6.07) is 0.158. The van der Waals surface area contributed by atoms with Crippen molar-refractivity contribution in [1.29, 1.82) is 0 Å². The van der Waals surface area contributed by atoms with Crippen molar-refractivity contribution < 1.29 is 33.7 Å². The highest BCUT2D eigenvalue weighted by Gasteiger charge is 2.36. The lowest BCUT2D eigenvalue weighted by molar-refractivity contribution is -0.0288. The molecule has 0 saturated carbocycles. The Labute approximate surface area is 190 Å². The van der Waals surface area contributed by atoms with Crippen LogP contribution in [0.1, 0.15) is 31.4 Å². The lowest BCUT2D eigenvalue weighted by atomic mass is 9.94. The summed E-state index contributed by atoms with van der Waals surface area (Å²) in [5.74, 6) is 0.659. The van der Waals surface area contributed by atoms with Gasteiger partial charge in [0.05, 0.1) is 43.3 Å². The van der Waals surface area contributed by atoms with Crippen LogP contribution >= 0.6 is 19.2 Å². The van der Waals surface area contributed by atoms with E-state index in [9.17, 15) is 9.67 Å². The molecule has 4 heterocycles. The van der Waals surface area contributed by atoms with Crippen molar-refractivity contribution in [3.8, 4) is 0 Å². The number of aliphatic hydroxyl groups is 1. The number of hydrogen-bond acceptors (Lipinski definition) is 9. The lowest BCUT2D eigenvalue weighted by Gasteiger charge is -2.19. The van der Waals surface area contributed by atoms with Crippen molar-refractivity contribution in [2.24, 2.45) is 10.9 Å². The van der Waals surface area contributed by atoms with E-state index in [0.29, 0.717) is 44.0 Å². The Morgan fingerprint density at radius 2 is 2.16 bits per heavy atom. The molecular weight excluding hydrogens is 463 g/mol. The van der Waals surface area contributed by atoms with Crippen LogP contribution in [0.15, 0.2) is 4.99 Å². The van der Waals surface area contributed by atoms with Gasteiger partial charge in [-0.05, 0) is 43.2 Å². The molecule has 0 aromatic carbocycles. The molecule has 0 radical (unpaired) electrons. The molecule has 0 aliphatic carbocycles. The van der Waals surface area contributed by atoms with E-state index in [1.54, 1.807) is 0 Å². The van der Waals surface area contributed by atoms with Gasteiger partial charge >= 0.3 is 7.60 Å². The first kappa shape index (κ1) is 24.0. The molecule has 11 nitrogen and oxygen atoms in total. The summed E-state index contributed by atoms with van der Waals surface area (Å²) < 4.78 is 27.2. The van der Waals surface area contributed by atoms with E-state index in [0.717, 1.165) is 18.5 Å². The molecule has 2 fully saturated rings. The van der Waals surface area contributed by atoms with Crippen LogP contribution in [0.4, 0.5) is 11.5 Å². The van der Waals surface area contributed by atoms with Gasteiger partial charge in [0.2, 0.25) is 5.28 Å². The number of hydrogen-bond donors (Lipinski definition) is 4. The van der Waals surface area contributed by atoms with Crippen molar-refractivity contribution in [1.82, 2.24) is 9.97 Å². The van der Waals surface area contributed by atoms with Crippen LogP contribution in [-0.2, 0) is 25.2 Å². The van der Waals surface area contributed by atoms with Crippen molar-refractivity contribution in [2.45, 2.75) is 56.5 Å². The number of anilines is 1. The van der Waals surface area contributed by atoms with Crippen LogP contribution in [0, 0.1) is 5.92 Å². The highest BCUT2D eigenvalue weighted by Crippen LogP contribution is 2.36. The van der Waals surface area contributed by atoms with E-state index in [2.05, 4.69) is 20.3 Å². The van der Waals surface area contributed by atoms with Gasteiger partial charge in [0.25, 0.3) is 0 Å². The van der Waals surface area contributed by atoms with E-state index in [1.165, 1.54) is 0 Å². The van der Waals surface area contributed by atoms with Gasteiger partial charge in [-0.1, -0.05) is 0 Å². The number of nitrogens with zero attached hydrogens (tertiary/aromatic N) is 3. The fourth-order valence-electron chi connectivity index (χ4n) is 4.21. The molecule has 32 heavy (non-hydrogen) atoms. The minimum absolute atomic E-state index is 0.0247. The van der Waals surface area contributed by atoms with Crippen LogP contribution in [0.2, 0.25) is 5.28 Å².